The lowest BCUT2D eigenvalue weighted by Crippen LogP contribution is -2.54. The largest absolute Gasteiger partial charge is 0.381 e. The summed E-state index contributed by atoms with van der Waals surface area (Å²) in [6, 6.07) is 4.13. The number of carbonyl (C=O) groups excluding carboxylic acids is 1. The molecule has 27 heavy (non-hydrogen) atoms. The third-order valence-corrected chi connectivity index (χ3v) is 6.95. The first-order valence-corrected chi connectivity index (χ1v) is 10.7. The number of aryl methyl sites for hydroxylation is 1. The molecule has 1 amide bonds. The Morgan fingerprint density at radius 3 is 2.70 bits per heavy atom. The van der Waals surface area contributed by atoms with Crippen LogP contribution in [0.1, 0.15) is 49.8 Å². The number of carbonyl (C=O) groups is 1. The summed E-state index contributed by atoms with van der Waals surface area (Å²) in [6.07, 6.45) is 8.33. The summed E-state index contributed by atoms with van der Waals surface area (Å²) in [5.74, 6) is 1.07. The molecule has 148 valence electrons. The van der Waals surface area contributed by atoms with Crippen molar-refractivity contribution >= 4 is 5.91 Å². The third kappa shape index (κ3) is 4.19. The molecule has 4 heterocycles. The monoisotopic (exact) mass is 371 g/mol. The average Bonchev–Trinajstić information content (AvgIpc) is 2.70. The minimum absolute atomic E-state index is 0.0981. The maximum absolute atomic E-state index is 13.4. The fourth-order valence-corrected chi connectivity index (χ4v) is 5.07. The first-order chi connectivity index (χ1) is 13.2. The Kier molecular flexibility index (Phi) is 5.79. The molecule has 0 bridgehead atoms. The van der Waals surface area contributed by atoms with Crippen molar-refractivity contribution in [2.75, 3.05) is 39.4 Å². The van der Waals surface area contributed by atoms with Crippen molar-refractivity contribution in [1.82, 2.24) is 14.8 Å². The van der Waals surface area contributed by atoms with E-state index >= 15 is 0 Å². The summed E-state index contributed by atoms with van der Waals surface area (Å²) >= 11 is 0. The number of aromatic nitrogens is 1. The molecule has 1 aromatic heterocycles. The molecule has 0 saturated carbocycles. The molecule has 5 heteroatoms. The Balaban J connectivity index is 1.35. The van der Waals surface area contributed by atoms with Gasteiger partial charge in [0, 0.05) is 39.0 Å². The highest BCUT2D eigenvalue weighted by Gasteiger charge is 2.45. The standard InChI is InChI=1S/C22H33N3O2/c1-18-4-2-10-23-20(18)17-24-12-8-22(9-13-24)7-3-11-25(21(22)26)16-19-5-14-27-15-6-19/h2,4,10,19H,3,5-9,11-17H2,1H3. The van der Waals surface area contributed by atoms with Gasteiger partial charge < -0.3 is 9.64 Å². The van der Waals surface area contributed by atoms with Gasteiger partial charge in [-0.1, -0.05) is 6.07 Å². The quantitative estimate of drug-likeness (QED) is 0.816. The van der Waals surface area contributed by atoms with E-state index in [1.54, 1.807) is 0 Å². The van der Waals surface area contributed by atoms with Gasteiger partial charge in [-0.25, -0.2) is 0 Å². The molecule has 0 aromatic carbocycles. The van der Waals surface area contributed by atoms with Gasteiger partial charge in [-0.3, -0.25) is 14.7 Å². The van der Waals surface area contributed by atoms with Crippen molar-refractivity contribution in [1.29, 1.82) is 0 Å². The highest BCUT2D eigenvalue weighted by Crippen LogP contribution is 2.41. The maximum Gasteiger partial charge on any atom is 0.228 e. The molecule has 3 saturated heterocycles. The van der Waals surface area contributed by atoms with E-state index in [0.717, 1.165) is 84.5 Å². The zero-order chi connectivity index (χ0) is 18.7. The van der Waals surface area contributed by atoms with Gasteiger partial charge in [0.1, 0.15) is 0 Å². The molecule has 0 atom stereocenters. The predicted octanol–water partition coefficient (Wildman–Crippen LogP) is 3.02. The van der Waals surface area contributed by atoms with Crippen LogP contribution in [0.4, 0.5) is 0 Å². The Morgan fingerprint density at radius 2 is 1.96 bits per heavy atom. The van der Waals surface area contributed by atoms with Crippen molar-refractivity contribution in [2.24, 2.45) is 11.3 Å². The number of hydrogen-bond donors (Lipinski definition) is 0. The van der Waals surface area contributed by atoms with E-state index in [9.17, 15) is 4.79 Å². The molecular formula is C22H33N3O2. The Morgan fingerprint density at radius 1 is 1.19 bits per heavy atom. The molecule has 0 N–H and O–H groups in total. The zero-order valence-corrected chi connectivity index (χ0v) is 16.7. The molecular weight excluding hydrogens is 338 g/mol. The van der Waals surface area contributed by atoms with Crippen LogP contribution in [0.2, 0.25) is 0 Å². The molecule has 1 aromatic rings. The predicted molar refractivity (Wildman–Crippen MR) is 105 cm³/mol. The molecule has 4 rings (SSSR count). The minimum atomic E-state index is -0.0981. The smallest absolute Gasteiger partial charge is 0.228 e. The number of amides is 1. The van der Waals surface area contributed by atoms with Crippen molar-refractivity contribution in [3.8, 4) is 0 Å². The van der Waals surface area contributed by atoms with Crippen LogP contribution in [0.5, 0.6) is 0 Å². The summed E-state index contributed by atoms with van der Waals surface area (Å²) in [5, 5.41) is 0. The summed E-state index contributed by atoms with van der Waals surface area (Å²) in [6.45, 7) is 8.67. The number of ether oxygens (including phenoxy) is 1. The van der Waals surface area contributed by atoms with Crippen LogP contribution in [-0.4, -0.2) is 60.1 Å². The van der Waals surface area contributed by atoms with E-state index < -0.39 is 0 Å². The lowest BCUT2D eigenvalue weighted by molar-refractivity contribution is -0.151. The minimum Gasteiger partial charge on any atom is -0.381 e. The van der Waals surface area contributed by atoms with Crippen molar-refractivity contribution < 1.29 is 9.53 Å². The fraction of sp³-hybridized carbons (Fsp3) is 0.727. The lowest BCUT2D eigenvalue weighted by atomic mass is 9.71. The van der Waals surface area contributed by atoms with Gasteiger partial charge in [-0.05, 0) is 76.1 Å². The fourth-order valence-electron chi connectivity index (χ4n) is 5.07. The molecule has 3 fully saturated rings. The Bertz CT molecular complexity index is 649. The highest BCUT2D eigenvalue weighted by atomic mass is 16.5. The average molecular weight is 372 g/mol. The van der Waals surface area contributed by atoms with Gasteiger partial charge in [-0.15, -0.1) is 0 Å². The molecule has 3 aliphatic heterocycles. The van der Waals surface area contributed by atoms with Gasteiger partial charge in [-0.2, -0.15) is 0 Å². The van der Waals surface area contributed by atoms with Gasteiger partial charge in [0.15, 0.2) is 0 Å². The summed E-state index contributed by atoms with van der Waals surface area (Å²) in [5.41, 5.74) is 2.33. The summed E-state index contributed by atoms with van der Waals surface area (Å²) in [7, 11) is 0. The Labute approximate surface area is 163 Å². The van der Waals surface area contributed by atoms with E-state index in [2.05, 4.69) is 27.8 Å². The molecule has 0 radical (unpaired) electrons. The van der Waals surface area contributed by atoms with Crippen LogP contribution >= 0.6 is 0 Å². The van der Waals surface area contributed by atoms with Crippen LogP contribution in [0.25, 0.3) is 0 Å². The van der Waals surface area contributed by atoms with Gasteiger partial charge >= 0.3 is 0 Å². The van der Waals surface area contributed by atoms with E-state index in [4.69, 9.17) is 4.74 Å². The molecule has 1 spiro atoms. The van der Waals surface area contributed by atoms with E-state index in [1.165, 1.54) is 11.3 Å². The second-order valence-electron chi connectivity index (χ2n) is 8.73. The zero-order valence-electron chi connectivity index (χ0n) is 16.7. The summed E-state index contributed by atoms with van der Waals surface area (Å²) in [4.78, 5) is 22.6. The van der Waals surface area contributed by atoms with Crippen LogP contribution < -0.4 is 0 Å². The number of nitrogens with zero attached hydrogens (tertiary/aromatic N) is 3. The third-order valence-electron chi connectivity index (χ3n) is 6.95. The highest BCUT2D eigenvalue weighted by molar-refractivity contribution is 5.83. The number of piperidine rings is 2. The van der Waals surface area contributed by atoms with Gasteiger partial charge in [0.25, 0.3) is 0 Å². The normalized spacial score (nSPS) is 24.5. The van der Waals surface area contributed by atoms with Crippen molar-refractivity contribution in [2.45, 2.75) is 52.0 Å². The van der Waals surface area contributed by atoms with Crippen LogP contribution in [0.15, 0.2) is 18.3 Å². The van der Waals surface area contributed by atoms with E-state index in [1.807, 2.05) is 12.3 Å². The van der Waals surface area contributed by atoms with Crippen LogP contribution in [0, 0.1) is 18.3 Å². The summed E-state index contributed by atoms with van der Waals surface area (Å²) < 4.78 is 5.48. The Hall–Kier alpha value is -1.46. The van der Waals surface area contributed by atoms with E-state index in [-0.39, 0.29) is 5.41 Å². The maximum atomic E-state index is 13.4. The number of likely N-dealkylation sites (tertiary alicyclic amines) is 2. The second kappa shape index (κ2) is 8.27. The SMILES string of the molecule is Cc1cccnc1CN1CCC2(CCCN(CC3CCOCC3)C2=O)CC1. The first-order valence-electron chi connectivity index (χ1n) is 10.7. The first kappa shape index (κ1) is 18.9. The van der Waals surface area contributed by atoms with Crippen LogP contribution in [-0.2, 0) is 16.1 Å². The molecule has 5 nitrogen and oxygen atoms in total. The van der Waals surface area contributed by atoms with Gasteiger partial charge in [0.05, 0.1) is 11.1 Å². The van der Waals surface area contributed by atoms with E-state index in [0.29, 0.717) is 11.8 Å². The van der Waals surface area contributed by atoms with Crippen molar-refractivity contribution in [3.05, 3.63) is 29.6 Å². The lowest BCUT2D eigenvalue weighted by Gasteiger charge is -2.47. The number of hydrogen-bond acceptors (Lipinski definition) is 4. The topological polar surface area (TPSA) is 45.7 Å². The van der Waals surface area contributed by atoms with Crippen LogP contribution in [0.3, 0.4) is 0 Å². The molecule has 0 aliphatic carbocycles. The molecule has 3 aliphatic rings. The van der Waals surface area contributed by atoms with Gasteiger partial charge in [0.2, 0.25) is 5.91 Å². The molecule has 0 unspecified atom stereocenters. The number of rotatable bonds is 4. The number of pyridine rings is 1. The van der Waals surface area contributed by atoms with Crippen molar-refractivity contribution in [3.63, 3.8) is 0 Å². The second-order valence-corrected chi connectivity index (χ2v) is 8.73.